The van der Waals surface area contributed by atoms with Crippen LogP contribution in [0.15, 0.2) is 24.3 Å². The molecule has 1 rings (SSSR count). The molecule has 5 heteroatoms. The number of hydrogen-bond acceptors (Lipinski definition) is 4. The zero-order valence-corrected chi connectivity index (χ0v) is 7.60. The van der Waals surface area contributed by atoms with Gasteiger partial charge >= 0.3 is 0 Å². The molecule has 0 bridgehead atoms. The van der Waals surface area contributed by atoms with E-state index in [1.807, 2.05) is 5.43 Å². The average Bonchev–Trinajstić information content (AvgIpc) is 2.27. The molecular formula is C9H13N3O2. The number of aliphatic hydroxyl groups excluding tert-OH is 1. The van der Waals surface area contributed by atoms with E-state index in [2.05, 4.69) is 0 Å². The first kappa shape index (κ1) is 10.6. The Kier molecular flexibility index (Phi) is 3.58. The van der Waals surface area contributed by atoms with Crippen molar-refractivity contribution >= 4 is 5.91 Å². The van der Waals surface area contributed by atoms with Crippen molar-refractivity contribution in [3.8, 4) is 0 Å². The maximum absolute atomic E-state index is 11.0. The highest BCUT2D eigenvalue weighted by Crippen LogP contribution is 2.12. The zero-order chi connectivity index (χ0) is 10.6. The molecule has 1 atom stereocenters. The summed E-state index contributed by atoms with van der Waals surface area (Å²) >= 11 is 0. The van der Waals surface area contributed by atoms with Gasteiger partial charge in [0.05, 0.1) is 6.10 Å². The zero-order valence-electron chi connectivity index (χ0n) is 7.60. The summed E-state index contributed by atoms with van der Waals surface area (Å²) in [7, 11) is 0. The molecule has 1 aromatic rings. The van der Waals surface area contributed by atoms with Gasteiger partial charge in [0, 0.05) is 12.1 Å². The van der Waals surface area contributed by atoms with Crippen LogP contribution in [0.2, 0.25) is 0 Å². The van der Waals surface area contributed by atoms with Crippen molar-refractivity contribution < 1.29 is 9.90 Å². The summed E-state index contributed by atoms with van der Waals surface area (Å²) in [6.45, 7) is 0.155. The lowest BCUT2D eigenvalue weighted by Crippen LogP contribution is -2.29. The fourth-order valence-electron chi connectivity index (χ4n) is 1.08. The Morgan fingerprint density at radius 2 is 2.00 bits per heavy atom. The molecule has 1 unspecified atom stereocenters. The summed E-state index contributed by atoms with van der Waals surface area (Å²) in [5, 5.41) is 9.37. The van der Waals surface area contributed by atoms with Gasteiger partial charge in [0.25, 0.3) is 5.91 Å². The molecule has 0 saturated heterocycles. The highest BCUT2D eigenvalue weighted by atomic mass is 16.3. The number of amides is 1. The molecule has 0 aliphatic heterocycles. The molecule has 76 valence electrons. The summed E-state index contributed by atoms with van der Waals surface area (Å²) in [6, 6.07) is 6.44. The number of nitrogen functional groups attached to an aromatic ring is 1. The Labute approximate surface area is 81.7 Å². The Balaban J connectivity index is 2.83. The third-order valence-electron chi connectivity index (χ3n) is 1.91. The Hall–Kier alpha value is -1.43. The van der Waals surface area contributed by atoms with E-state index in [1.54, 1.807) is 24.3 Å². The normalized spacial score (nSPS) is 12.2. The van der Waals surface area contributed by atoms with Crippen LogP contribution in [0.3, 0.4) is 0 Å². The van der Waals surface area contributed by atoms with Crippen molar-refractivity contribution in [2.24, 2.45) is 11.6 Å². The highest BCUT2D eigenvalue weighted by Gasteiger charge is 2.06. The Morgan fingerprint density at radius 1 is 1.43 bits per heavy atom. The van der Waals surface area contributed by atoms with Gasteiger partial charge in [-0.3, -0.25) is 10.2 Å². The third kappa shape index (κ3) is 2.29. The van der Waals surface area contributed by atoms with Crippen LogP contribution in [0.25, 0.3) is 0 Å². The molecule has 0 aromatic heterocycles. The second-order valence-corrected chi connectivity index (χ2v) is 2.85. The van der Waals surface area contributed by atoms with Gasteiger partial charge in [-0.25, -0.2) is 5.84 Å². The highest BCUT2D eigenvalue weighted by molar-refractivity contribution is 5.93. The van der Waals surface area contributed by atoms with E-state index in [9.17, 15) is 9.90 Å². The molecule has 0 heterocycles. The lowest BCUT2D eigenvalue weighted by atomic mass is 10.1. The van der Waals surface area contributed by atoms with Gasteiger partial charge in [-0.05, 0) is 17.7 Å². The molecule has 0 saturated carbocycles. The number of rotatable bonds is 3. The molecule has 14 heavy (non-hydrogen) atoms. The minimum atomic E-state index is -0.690. The average molecular weight is 195 g/mol. The van der Waals surface area contributed by atoms with Gasteiger partial charge < -0.3 is 10.8 Å². The van der Waals surface area contributed by atoms with E-state index in [-0.39, 0.29) is 12.5 Å². The van der Waals surface area contributed by atoms with Crippen molar-refractivity contribution in [2.45, 2.75) is 6.10 Å². The van der Waals surface area contributed by atoms with Gasteiger partial charge in [-0.1, -0.05) is 12.1 Å². The van der Waals surface area contributed by atoms with E-state index in [0.717, 1.165) is 0 Å². The number of nitrogens with two attached hydrogens (primary N) is 2. The molecule has 6 N–H and O–H groups in total. The van der Waals surface area contributed by atoms with Crippen LogP contribution in [0.5, 0.6) is 0 Å². The van der Waals surface area contributed by atoms with Crippen LogP contribution in [0, 0.1) is 0 Å². The van der Waals surface area contributed by atoms with Gasteiger partial charge in [0.2, 0.25) is 0 Å². The van der Waals surface area contributed by atoms with Gasteiger partial charge in [-0.2, -0.15) is 0 Å². The first-order valence-electron chi connectivity index (χ1n) is 4.18. The maximum atomic E-state index is 11.0. The van der Waals surface area contributed by atoms with Crippen molar-refractivity contribution in [3.05, 3.63) is 35.4 Å². The van der Waals surface area contributed by atoms with Crippen molar-refractivity contribution in [1.82, 2.24) is 5.43 Å². The van der Waals surface area contributed by atoms with Crippen LogP contribution in [-0.2, 0) is 0 Å². The standard InChI is InChI=1S/C9H13N3O2/c10-5-8(13)6-1-3-7(4-2-6)9(14)12-11/h1-4,8,13H,5,10-11H2,(H,12,14). The molecule has 0 radical (unpaired) electrons. The first-order valence-corrected chi connectivity index (χ1v) is 4.18. The number of carbonyl (C=O) groups excluding carboxylic acids is 1. The monoisotopic (exact) mass is 195 g/mol. The molecule has 5 nitrogen and oxygen atoms in total. The number of aliphatic hydroxyl groups is 1. The second kappa shape index (κ2) is 4.71. The van der Waals surface area contributed by atoms with Crippen LogP contribution < -0.4 is 17.0 Å². The minimum Gasteiger partial charge on any atom is -0.387 e. The SMILES string of the molecule is NCC(O)c1ccc(C(=O)NN)cc1. The van der Waals surface area contributed by atoms with Gasteiger partial charge in [0.1, 0.15) is 0 Å². The largest absolute Gasteiger partial charge is 0.387 e. The summed E-state index contributed by atoms with van der Waals surface area (Å²) in [5.74, 6) is 4.60. The molecule has 0 aliphatic carbocycles. The van der Waals surface area contributed by atoms with E-state index >= 15 is 0 Å². The number of hydrazine groups is 1. The summed E-state index contributed by atoms with van der Waals surface area (Å²) in [5.41, 5.74) is 8.42. The fourth-order valence-corrected chi connectivity index (χ4v) is 1.08. The first-order chi connectivity index (χ1) is 6.69. The Morgan fingerprint density at radius 3 is 2.43 bits per heavy atom. The summed E-state index contributed by atoms with van der Waals surface area (Å²) < 4.78 is 0. The summed E-state index contributed by atoms with van der Waals surface area (Å²) in [6.07, 6.45) is -0.690. The lowest BCUT2D eigenvalue weighted by molar-refractivity contribution is 0.0953. The van der Waals surface area contributed by atoms with Crippen LogP contribution in [-0.4, -0.2) is 17.6 Å². The predicted octanol–water partition coefficient (Wildman–Crippen LogP) is -0.718. The van der Waals surface area contributed by atoms with Gasteiger partial charge in [-0.15, -0.1) is 0 Å². The van der Waals surface area contributed by atoms with Crippen molar-refractivity contribution in [1.29, 1.82) is 0 Å². The molecule has 0 aliphatic rings. The Bertz CT molecular complexity index is 310. The quantitative estimate of drug-likeness (QED) is 0.290. The molecule has 0 fully saturated rings. The van der Waals surface area contributed by atoms with Gasteiger partial charge in [0.15, 0.2) is 0 Å². The number of nitrogens with one attached hydrogen (secondary N) is 1. The fraction of sp³-hybridized carbons (Fsp3) is 0.222. The second-order valence-electron chi connectivity index (χ2n) is 2.85. The number of benzene rings is 1. The maximum Gasteiger partial charge on any atom is 0.265 e. The predicted molar refractivity (Wildman–Crippen MR) is 52.1 cm³/mol. The van der Waals surface area contributed by atoms with E-state index < -0.39 is 6.10 Å². The minimum absolute atomic E-state index is 0.155. The molecule has 1 aromatic carbocycles. The van der Waals surface area contributed by atoms with E-state index in [1.165, 1.54) is 0 Å². The van der Waals surface area contributed by atoms with Crippen LogP contribution >= 0.6 is 0 Å². The topological polar surface area (TPSA) is 101 Å². The van der Waals surface area contributed by atoms with Crippen LogP contribution in [0.4, 0.5) is 0 Å². The van der Waals surface area contributed by atoms with Crippen LogP contribution in [0.1, 0.15) is 22.0 Å². The smallest absolute Gasteiger partial charge is 0.265 e. The van der Waals surface area contributed by atoms with E-state index in [4.69, 9.17) is 11.6 Å². The number of carbonyl (C=O) groups is 1. The molecule has 1 amide bonds. The summed E-state index contributed by atoms with van der Waals surface area (Å²) in [4.78, 5) is 11.0. The van der Waals surface area contributed by atoms with E-state index in [0.29, 0.717) is 11.1 Å². The molecular weight excluding hydrogens is 182 g/mol. The third-order valence-corrected chi connectivity index (χ3v) is 1.91. The molecule has 0 spiro atoms. The van der Waals surface area contributed by atoms with Crippen molar-refractivity contribution in [2.75, 3.05) is 6.54 Å². The van der Waals surface area contributed by atoms with Crippen molar-refractivity contribution in [3.63, 3.8) is 0 Å². The lowest BCUT2D eigenvalue weighted by Gasteiger charge is -2.08. The number of hydrogen-bond donors (Lipinski definition) is 4.